The fourth-order valence-corrected chi connectivity index (χ4v) is 0.908. The number of hydrazine groups is 1. The van der Waals surface area contributed by atoms with E-state index in [4.69, 9.17) is 4.43 Å². The molecule has 0 rings (SSSR count). The summed E-state index contributed by atoms with van der Waals surface area (Å²) >= 11 is 0. The van der Waals surface area contributed by atoms with Crippen LogP contribution in [-0.4, -0.2) is 32.1 Å². The molecule has 11 heavy (non-hydrogen) atoms. The van der Waals surface area contributed by atoms with Gasteiger partial charge in [-0.15, -0.1) is 5.01 Å². The van der Waals surface area contributed by atoms with Gasteiger partial charge in [-0.05, 0) is 19.6 Å². The number of nitro groups is 1. The molecule has 0 bridgehead atoms. The van der Waals surface area contributed by atoms with Crippen molar-refractivity contribution in [3.05, 3.63) is 10.1 Å². The topological polar surface area (TPSA) is 55.6 Å². The maximum Gasteiger partial charge on any atom is 0.186 e. The molecule has 0 aromatic heterocycles. The van der Waals surface area contributed by atoms with Crippen LogP contribution >= 0.6 is 0 Å². The lowest BCUT2D eigenvalue weighted by Gasteiger charge is -2.18. The molecule has 0 saturated carbocycles. The van der Waals surface area contributed by atoms with Gasteiger partial charge in [-0.2, -0.15) is 0 Å². The third kappa shape index (κ3) is 5.80. The van der Waals surface area contributed by atoms with Crippen LogP contribution in [0.4, 0.5) is 0 Å². The SMILES string of the molecule is CN(CO[Si](C)(C)C)[N+](=O)[O-]. The van der Waals surface area contributed by atoms with Gasteiger partial charge in [0.25, 0.3) is 0 Å². The highest BCUT2D eigenvalue weighted by molar-refractivity contribution is 6.69. The minimum absolute atomic E-state index is 0.0721. The van der Waals surface area contributed by atoms with Gasteiger partial charge in [0.15, 0.2) is 20.1 Å². The van der Waals surface area contributed by atoms with Crippen molar-refractivity contribution in [2.45, 2.75) is 19.6 Å². The van der Waals surface area contributed by atoms with Gasteiger partial charge in [0, 0.05) is 0 Å². The predicted molar refractivity (Wildman–Crippen MR) is 44.1 cm³/mol. The van der Waals surface area contributed by atoms with Gasteiger partial charge in [-0.1, -0.05) is 0 Å². The van der Waals surface area contributed by atoms with Crippen LogP contribution in [0.2, 0.25) is 19.6 Å². The van der Waals surface area contributed by atoms with E-state index in [1.54, 1.807) is 0 Å². The molecule has 0 amide bonds. The quantitative estimate of drug-likeness (QED) is 0.278. The van der Waals surface area contributed by atoms with E-state index in [1.165, 1.54) is 7.05 Å². The first-order chi connectivity index (χ1) is 4.83. The van der Waals surface area contributed by atoms with Crippen molar-refractivity contribution in [1.82, 2.24) is 5.01 Å². The number of hydrogen-bond acceptors (Lipinski definition) is 3. The second kappa shape index (κ2) is 3.68. The molecule has 0 N–H and O–H groups in total. The first-order valence-electron chi connectivity index (χ1n) is 3.32. The lowest BCUT2D eigenvalue weighted by molar-refractivity contribution is -0.655. The molecular weight excluding hydrogens is 164 g/mol. The molecule has 5 nitrogen and oxygen atoms in total. The summed E-state index contributed by atoms with van der Waals surface area (Å²) in [5.41, 5.74) is 0. The van der Waals surface area contributed by atoms with E-state index >= 15 is 0 Å². The number of rotatable bonds is 4. The monoisotopic (exact) mass is 178 g/mol. The minimum atomic E-state index is -1.61. The van der Waals surface area contributed by atoms with Gasteiger partial charge in [-0.25, -0.2) is 10.1 Å². The Balaban J connectivity index is 3.63. The van der Waals surface area contributed by atoms with Crippen LogP contribution in [0.15, 0.2) is 0 Å². The average molecular weight is 178 g/mol. The summed E-state index contributed by atoms with van der Waals surface area (Å²) in [6, 6.07) is 0. The molecule has 66 valence electrons. The summed E-state index contributed by atoms with van der Waals surface area (Å²) in [7, 11) is -0.223. The van der Waals surface area contributed by atoms with Crippen LogP contribution in [0.1, 0.15) is 0 Å². The smallest absolute Gasteiger partial charge is 0.186 e. The van der Waals surface area contributed by atoms with Crippen molar-refractivity contribution in [1.29, 1.82) is 0 Å². The lowest BCUT2D eigenvalue weighted by atomic mass is 11.1. The normalized spacial score (nSPS) is 11.3. The molecule has 0 aliphatic carbocycles. The number of hydrogen-bond donors (Lipinski definition) is 0. The van der Waals surface area contributed by atoms with Gasteiger partial charge >= 0.3 is 0 Å². The Morgan fingerprint density at radius 2 is 2.00 bits per heavy atom. The number of nitrogens with zero attached hydrogens (tertiary/aromatic N) is 2. The molecule has 0 heterocycles. The van der Waals surface area contributed by atoms with Crippen molar-refractivity contribution < 1.29 is 9.46 Å². The van der Waals surface area contributed by atoms with Crippen molar-refractivity contribution >= 4 is 8.32 Å². The van der Waals surface area contributed by atoms with Crippen LogP contribution in [0.25, 0.3) is 0 Å². The van der Waals surface area contributed by atoms with Crippen LogP contribution < -0.4 is 0 Å². The van der Waals surface area contributed by atoms with Gasteiger partial charge in [0.1, 0.15) is 0 Å². The molecular formula is C5H14N2O3Si. The first kappa shape index (κ1) is 10.4. The standard InChI is InChI=1S/C5H14N2O3Si/c1-6(7(8)9)5-10-11(2,3)4/h5H2,1-4H3. The summed E-state index contributed by atoms with van der Waals surface area (Å²) in [4.78, 5) is 10.1. The van der Waals surface area contributed by atoms with Gasteiger partial charge in [0.05, 0.1) is 7.05 Å². The van der Waals surface area contributed by atoms with E-state index in [0.29, 0.717) is 0 Å². The minimum Gasteiger partial charge on any atom is -0.396 e. The largest absolute Gasteiger partial charge is 0.396 e. The summed E-state index contributed by atoms with van der Waals surface area (Å²) < 4.78 is 5.28. The Labute approximate surface area is 67.2 Å². The third-order valence-electron chi connectivity index (χ3n) is 0.963. The highest BCUT2D eigenvalue weighted by Gasteiger charge is 2.17. The van der Waals surface area contributed by atoms with Gasteiger partial charge in [-0.3, -0.25) is 0 Å². The maximum atomic E-state index is 10.1. The second-order valence-corrected chi connectivity index (χ2v) is 7.79. The lowest BCUT2D eigenvalue weighted by Crippen LogP contribution is -2.35. The zero-order valence-corrected chi connectivity index (χ0v) is 8.33. The molecule has 0 radical (unpaired) electrons. The molecule has 0 aromatic carbocycles. The summed E-state index contributed by atoms with van der Waals surface area (Å²) in [6.07, 6.45) is 0. The Bertz CT molecular complexity index is 145. The summed E-state index contributed by atoms with van der Waals surface area (Å²) in [5, 5.41) is 10.5. The fraction of sp³-hybridized carbons (Fsp3) is 1.00. The molecule has 0 atom stereocenters. The third-order valence-corrected chi connectivity index (χ3v) is 1.96. The van der Waals surface area contributed by atoms with Crippen LogP contribution in [0.5, 0.6) is 0 Å². The molecule has 0 aliphatic heterocycles. The molecule has 0 fully saturated rings. The van der Waals surface area contributed by atoms with Crippen LogP contribution in [-0.2, 0) is 4.43 Å². The van der Waals surface area contributed by atoms with E-state index in [2.05, 4.69) is 0 Å². The maximum absolute atomic E-state index is 10.1. The van der Waals surface area contributed by atoms with Gasteiger partial charge < -0.3 is 4.43 Å². The Hall–Kier alpha value is -0.623. The molecule has 0 spiro atoms. The summed E-state index contributed by atoms with van der Waals surface area (Å²) in [6.45, 7) is 6.03. The van der Waals surface area contributed by atoms with Crippen LogP contribution in [0.3, 0.4) is 0 Å². The second-order valence-electron chi connectivity index (χ2n) is 3.28. The Kier molecular flexibility index (Phi) is 3.47. The van der Waals surface area contributed by atoms with Crippen LogP contribution in [0, 0.1) is 10.1 Å². The molecule has 0 saturated heterocycles. The van der Waals surface area contributed by atoms with Crippen molar-refractivity contribution in [2.24, 2.45) is 0 Å². The molecule has 0 aromatic rings. The Morgan fingerprint density at radius 1 is 1.55 bits per heavy atom. The van der Waals surface area contributed by atoms with Crippen molar-refractivity contribution in [3.63, 3.8) is 0 Å². The molecule has 6 heteroatoms. The average Bonchev–Trinajstić information content (AvgIpc) is 1.80. The molecule has 0 unspecified atom stereocenters. The first-order valence-corrected chi connectivity index (χ1v) is 6.73. The van der Waals surface area contributed by atoms with Crippen molar-refractivity contribution in [3.8, 4) is 0 Å². The zero-order valence-electron chi connectivity index (χ0n) is 7.33. The van der Waals surface area contributed by atoms with Crippen molar-refractivity contribution in [2.75, 3.05) is 13.8 Å². The van der Waals surface area contributed by atoms with E-state index in [-0.39, 0.29) is 6.73 Å². The van der Waals surface area contributed by atoms with E-state index in [0.717, 1.165) is 5.01 Å². The van der Waals surface area contributed by atoms with E-state index < -0.39 is 13.3 Å². The zero-order chi connectivity index (χ0) is 9.07. The highest BCUT2D eigenvalue weighted by Crippen LogP contribution is 2.02. The fourth-order valence-electron chi connectivity index (χ4n) is 0.334. The van der Waals surface area contributed by atoms with Gasteiger partial charge in [0.2, 0.25) is 0 Å². The Morgan fingerprint density at radius 3 is 2.27 bits per heavy atom. The predicted octanol–water partition coefficient (Wildman–Crippen LogP) is 0.919. The molecule has 0 aliphatic rings. The van der Waals surface area contributed by atoms with E-state index in [9.17, 15) is 10.1 Å². The highest BCUT2D eigenvalue weighted by atomic mass is 28.4. The summed E-state index contributed by atoms with van der Waals surface area (Å²) in [5.74, 6) is 0. The van der Waals surface area contributed by atoms with E-state index in [1.807, 2.05) is 19.6 Å².